The van der Waals surface area contributed by atoms with Crippen molar-refractivity contribution in [2.75, 3.05) is 0 Å². The van der Waals surface area contributed by atoms with E-state index in [9.17, 15) is 0 Å². The number of hydrogen-bond donors (Lipinski definition) is 0. The summed E-state index contributed by atoms with van der Waals surface area (Å²) >= 11 is 8.25. The van der Waals surface area contributed by atoms with Gasteiger partial charge in [-0.1, -0.05) is 0 Å². The van der Waals surface area contributed by atoms with Crippen LogP contribution in [0.3, 0.4) is 0 Å². The van der Waals surface area contributed by atoms with Gasteiger partial charge in [-0.15, -0.1) is 0 Å². The molecule has 0 heterocycles. The van der Waals surface area contributed by atoms with Crippen LogP contribution >= 0.6 is 9.83 Å². The molecule has 0 fully saturated rings. The molecule has 0 saturated carbocycles. The summed E-state index contributed by atoms with van der Waals surface area (Å²) < 4.78 is 0. The standard InChI is InChI=1S/2Li.H2S3/c;;1-3-2/h;;1-2H/q2*+1;/p-2. The molecule has 0 spiro atoms. The Morgan fingerprint density at radius 2 is 1.00 bits per heavy atom. The molecule has 0 atom stereocenters. The van der Waals surface area contributed by atoms with Gasteiger partial charge in [-0.2, -0.15) is 0 Å². The maximum absolute atomic E-state index is 4.12. The number of hydrogen-bond acceptors (Lipinski definition) is 3. The minimum Gasteiger partial charge on any atom is -0.747 e. The van der Waals surface area contributed by atoms with Crippen LogP contribution in [0.1, 0.15) is 0 Å². The van der Waals surface area contributed by atoms with Gasteiger partial charge < -0.3 is 33.1 Å². The van der Waals surface area contributed by atoms with E-state index in [0.29, 0.717) is 0 Å². The topological polar surface area (TPSA) is 0 Å². The van der Waals surface area contributed by atoms with Gasteiger partial charge in [-0.05, 0) is 0 Å². The van der Waals surface area contributed by atoms with Crippen molar-refractivity contribution < 1.29 is 37.7 Å². The quantitative estimate of drug-likeness (QED) is 0.174. The summed E-state index contributed by atoms with van der Waals surface area (Å²) in [4.78, 5) is 0. The Morgan fingerprint density at radius 1 is 1.00 bits per heavy atom. The van der Waals surface area contributed by atoms with Gasteiger partial charge in [0.05, 0.1) is 0 Å². The molecule has 0 aromatic carbocycles. The molecule has 0 bridgehead atoms. The Kier molecular flexibility index (Phi) is 51.2. The average Bonchev–Trinajstić information content (AvgIpc) is 0.918. The minimum atomic E-state index is 0. The maximum Gasteiger partial charge on any atom is 1.00 e. The summed E-state index contributed by atoms with van der Waals surface area (Å²) in [7, 11) is 0.917. The van der Waals surface area contributed by atoms with Crippen LogP contribution in [0.4, 0.5) is 0 Å². The van der Waals surface area contributed by atoms with E-state index in [0.717, 1.165) is 9.83 Å². The molecule has 0 aliphatic rings. The summed E-state index contributed by atoms with van der Waals surface area (Å²) in [6, 6.07) is 0. The van der Waals surface area contributed by atoms with Crippen LogP contribution in [0.15, 0.2) is 0 Å². The molecule has 0 aromatic rings. The minimum absolute atomic E-state index is 0. The summed E-state index contributed by atoms with van der Waals surface area (Å²) in [5, 5.41) is 0. The molecule has 0 N–H and O–H groups in total. The molecule has 0 rings (SSSR count). The van der Waals surface area contributed by atoms with Crippen molar-refractivity contribution in [1.29, 1.82) is 0 Å². The number of rotatable bonds is 0. The fraction of sp³-hybridized carbons (Fsp3) is 0. The first-order valence-corrected chi connectivity index (χ1v) is 3.00. The molecule has 0 aromatic heterocycles. The Labute approximate surface area is 70.2 Å². The molecule has 5 heavy (non-hydrogen) atoms. The molecule has 0 aliphatic carbocycles. The Balaban J connectivity index is -0.0000000200. The first kappa shape index (κ1) is 15.7. The van der Waals surface area contributed by atoms with E-state index < -0.39 is 0 Å². The second-order valence-electron chi connectivity index (χ2n) is 0.0680. The molecule has 0 saturated heterocycles. The van der Waals surface area contributed by atoms with Crippen LogP contribution in [-0.4, -0.2) is 0 Å². The molecule has 5 heteroatoms. The maximum atomic E-state index is 4.12. The molecule has 0 unspecified atom stereocenters. The summed E-state index contributed by atoms with van der Waals surface area (Å²) in [6.45, 7) is 0. The zero-order valence-electron chi connectivity index (χ0n) is 3.22. The van der Waals surface area contributed by atoms with E-state index in [-0.39, 0.29) is 37.7 Å². The van der Waals surface area contributed by atoms with E-state index in [1.165, 1.54) is 0 Å². The normalized spacial score (nSPS) is 3.60. The summed E-state index contributed by atoms with van der Waals surface area (Å²) in [5.41, 5.74) is 0. The van der Waals surface area contributed by atoms with Gasteiger partial charge in [-0.3, -0.25) is 0 Å². The Morgan fingerprint density at radius 3 is 1.00 bits per heavy atom. The average molecular weight is 110 g/mol. The molecule has 0 radical (unpaired) electrons. The summed E-state index contributed by atoms with van der Waals surface area (Å²) in [6.07, 6.45) is 0. The van der Waals surface area contributed by atoms with Gasteiger partial charge in [0.1, 0.15) is 0 Å². The van der Waals surface area contributed by atoms with Crippen LogP contribution in [-0.2, 0) is 23.3 Å². The Bertz CT molecular complexity index is 4.85. The molecular weight excluding hydrogens is 110 g/mol. The zero-order valence-corrected chi connectivity index (χ0v) is 5.67. The predicted molar refractivity (Wildman–Crippen MR) is 22.3 cm³/mol. The third kappa shape index (κ3) is 22.3. The fourth-order valence-corrected chi connectivity index (χ4v) is 0. The smallest absolute Gasteiger partial charge is 0.747 e. The second-order valence-corrected chi connectivity index (χ2v) is 1.84. The monoisotopic (exact) mass is 110 g/mol. The van der Waals surface area contributed by atoms with Crippen molar-refractivity contribution in [2.45, 2.75) is 0 Å². The van der Waals surface area contributed by atoms with Gasteiger partial charge >= 0.3 is 37.7 Å². The fourth-order valence-electron chi connectivity index (χ4n) is 0. The molecular formula is Li2S3. The van der Waals surface area contributed by atoms with Crippen molar-refractivity contribution in [1.82, 2.24) is 0 Å². The third-order valence-electron chi connectivity index (χ3n) is 0. The van der Waals surface area contributed by atoms with E-state index in [1.54, 1.807) is 0 Å². The molecule has 0 nitrogen and oxygen atoms in total. The molecule has 0 amide bonds. The molecule has 0 aliphatic heterocycles. The van der Waals surface area contributed by atoms with E-state index in [4.69, 9.17) is 0 Å². The zero-order chi connectivity index (χ0) is 2.71. The van der Waals surface area contributed by atoms with Crippen molar-refractivity contribution in [3.63, 3.8) is 0 Å². The van der Waals surface area contributed by atoms with Crippen molar-refractivity contribution >= 4 is 33.1 Å². The van der Waals surface area contributed by atoms with Crippen molar-refractivity contribution in [2.24, 2.45) is 0 Å². The summed E-state index contributed by atoms with van der Waals surface area (Å²) in [5.74, 6) is 0. The van der Waals surface area contributed by atoms with Gasteiger partial charge in [0, 0.05) is 0 Å². The van der Waals surface area contributed by atoms with E-state index in [2.05, 4.69) is 23.3 Å². The molecule has 20 valence electrons. The Hall–Kier alpha value is 2.24. The van der Waals surface area contributed by atoms with Gasteiger partial charge in [0.2, 0.25) is 0 Å². The van der Waals surface area contributed by atoms with E-state index >= 15 is 0 Å². The van der Waals surface area contributed by atoms with Gasteiger partial charge in [-0.25, -0.2) is 0 Å². The second kappa shape index (κ2) is 16.3. The first-order valence-electron chi connectivity index (χ1n) is 0.333. The van der Waals surface area contributed by atoms with Crippen molar-refractivity contribution in [3.05, 3.63) is 0 Å². The van der Waals surface area contributed by atoms with Crippen LogP contribution in [0.2, 0.25) is 0 Å². The van der Waals surface area contributed by atoms with E-state index in [1.807, 2.05) is 0 Å². The van der Waals surface area contributed by atoms with Crippen LogP contribution < -0.4 is 37.7 Å². The van der Waals surface area contributed by atoms with Crippen LogP contribution in [0.5, 0.6) is 0 Å². The largest absolute Gasteiger partial charge is 1.00 e. The SMILES string of the molecule is [Li+].[Li+].[S-]S[S-]. The van der Waals surface area contributed by atoms with Gasteiger partial charge in [0.15, 0.2) is 0 Å². The van der Waals surface area contributed by atoms with Crippen LogP contribution in [0, 0.1) is 0 Å². The van der Waals surface area contributed by atoms with Crippen LogP contribution in [0.25, 0.3) is 0 Å². The third-order valence-corrected chi connectivity index (χ3v) is 0. The van der Waals surface area contributed by atoms with Gasteiger partial charge in [0.25, 0.3) is 0 Å². The first-order chi connectivity index (χ1) is 1.41. The predicted octanol–water partition coefficient (Wildman–Crippen LogP) is -5.35. The van der Waals surface area contributed by atoms with Crippen molar-refractivity contribution in [3.8, 4) is 0 Å².